The van der Waals surface area contributed by atoms with Gasteiger partial charge in [-0.3, -0.25) is 0 Å². The minimum atomic E-state index is -0.770. The van der Waals surface area contributed by atoms with Crippen LogP contribution in [-0.2, 0) is 32.2 Å². The Morgan fingerprint density at radius 3 is 1.55 bits per heavy atom. The monoisotopic (exact) mass is 915 g/mol. The molecule has 4 aliphatic heterocycles. The van der Waals surface area contributed by atoms with E-state index in [4.69, 9.17) is 25.8 Å². The van der Waals surface area contributed by atoms with Gasteiger partial charge in [0.15, 0.2) is 0 Å². The lowest BCUT2D eigenvalue weighted by molar-refractivity contribution is -0.00241. The van der Waals surface area contributed by atoms with Crippen molar-refractivity contribution in [1.29, 1.82) is 0 Å². The van der Waals surface area contributed by atoms with E-state index in [0.29, 0.717) is 25.2 Å². The Labute approximate surface area is 389 Å². The predicted octanol–water partition coefficient (Wildman–Crippen LogP) is 9.39. The number of hydrogen-bond acceptors (Lipinski definition) is 11. The minimum Gasteiger partial charge on any atom is -0.449 e. The molecule has 0 aromatic heterocycles. The Balaban J connectivity index is 0.000000284. The lowest BCUT2D eigenvalue weighted by atomic mass is 9.98. The summed E-state index contributed by atoms with van der Waals surface area (Å²) in [5.74, 6) is 0. The van der Waals surface area contributed by atoms with Gasteiger partial charge < -0.3 is 48.8 Å². The van der Waals surface area contributed by atoms with Gasteiger partial charge in [-0.2, -0.15) is 0 Å². The molecule has 2 atom stereocenters. The second-order valence-electron chi connectivity index (χ2n) is 19.2. The summed E-state index contributed by atoms with van der Waals surface area (Å²) in [6.45, 7) is 18.9. The van der Waals surface area contributed by atoms with Crippen LogP contribution in [0.1, 0.15) is 111 Å². The molecule has 0 bridgehead atoms. The summed E-state index contributed by atoms with van der Waals surface area (Å²) in [6, 6.07) is 20.2. The van der Waals surface area contributed by atoms with Crippen molar-refractivity contribution in [2.45, 2.75) is 149 Å². The highest BCUT2D eigenvalue weighted by atomic mass is 35.5. The lowest BCUT2D eigenvalue weighted by Crippen LogP contribution is -2.57. The van der Waals surface area contributed by atoms with Crippen LogP contribution in [0.4, 0.5) is 19.2 Å². The summed E-state index contributed by atoms with van der Waals surface area (Å²) >= 11 is 4.97. The van der Waals surface area contributed by atoms with Crippen LogP contribution >= 0.6 is 11.6 Å². The highest BCUT2D eigenvalue weighted by Gasteiger charge is 2.38. The summed E-state index contributed by atoms with van der Waals surface area (Å²) < 4.78 is 21.4. The van der Waals surface area contributed by atoms with Crippen molar-refractivity contribution in [3.8, 4) is 0 Å². The van der Waals surface area contributed by atoms with E-state index >= 15 is 0 Å². The Bertz CT molecular complexity index is 1680. The average Bonchev–Trinajstić information content (AvgIpc) is 3.24. The molecule has 4 saturated heterocycles. The smallest absolute Gasteiger partial charge is 0.410 e. The number of hydrogen-bond donors (Lipinski definition) is 1. The van der Waals surface area contributed by atoms with Crippen LogP contribution in [0.5, 0.6) is 0 Å². The Kier molecular flexibility index (Phi) is 22.7. The Morgan fingerprint density at radius 2 is 1.06 bits per heavy atom. The maximum Gasteiger partial charge on any atom is 0.410 e. The van der Waals surface area contributed by atoms with Crippen LogP contribution in [0, 0.1) is 0 Å². The molecule has 3 amide bonds. The van der Waals surface area contributed by atoms with E-state index in [1.54, 1.807) is 4.90 Å². The number of carbonyl (C=O) groups is 4. The van der Waals surface area contributed by atoms with Gasteiger partial charge in [0.25, 0.3) is 0 Å². The number of halogens is 1. The molecule has 4 heterocycles. The van der Waals surface area contributed by atoms with Crippen LogP contribution < -0.4 is 5.32 Å². The van der Waals surface area contributed by atoms with Crippen LogP contribution in [0.25, 0.3) is 0 Å². The van der Waals surface area contributed by atoms with E-state index < -0.39 is 16.6 Å². The van der Waals surface area contributed by atoms with Crippen LogP contribution in [0.3, 0.4) is 0 Å². The molecule has 0 saturated carbocycles. The van der Waals surface area contributed by atoms with Gasteiger partial charge in [0, 0.05) is 55.9 Å². The van der Waals surface area contributed by atoms with E-state index in [1.165, 1.54) is 25.9 Å². The van der Waals surface area contributed by atoms with Crippen LogP contribution in [0.2, 0.25) is 0 Å². The third-order valence-electron chi connectivity index (χ3n) is 11.4. The number of likely N-dealkylation sites (tertiary alicyclic amines) is 4. The predicted molar refractivity (Wildman–Crippen MR) is 254 cm³/mol. The number of rotatable bonds is 8. The molecule has 4 fully saturated rings. The molecule has 1 N–H and O–H groups in total. The number of nitrogens with zero attached hydrogens (tertiary/aromatic N) is 5. The van der Waals surface area contributed by atoms with Gasteiger partial charge in [-0.1, -0.05) is 68.1 Å². The SMILES string of the molecule is C.CN1CCC(N(C(=O)OCc2ccccc2)[C@H]2CCCN(C(=O)OC(C)(C)C)C2)CC1.CN1CCC(N[C@H]2CCCN(C(=O)OC(C)(C)C)C2)CC1.O=C(Cl)OCc1ccccc1. The zero-order chi connectivity index (χ0) is 46.0. The first-order chi connectivity index (χ1) is 29.8. The standard InChI is InChI=1S/C24H37N3O4.C16H31N3O2.C8H7ClO2.CH4/c1-24(2,3)31-22(28)26-14-8-11-21(17-26)27(20-12-15-25(4)16-13-20)23(29)30-18-19-9-6-5-7-10-19;1-16(2,3)21-15(20)19-9-5-6-14(12-19)17-13-7-10-18(4)11-8-13;9-8(10)11-6-7-4-2-1-3-5-7;/h5-7,9-10,20-21H,8,11-18H2,1-4H3;13-14,17H,5-12H2,1-4H3;1-5H,6H2;1H4/t21-;14-;;/m00../s1. The second kappa shape index (κ2) is 26.8. The molecular weight excluding hydrogens is 836 g/mol. The molecule has 360 valence electrons. The Morgan fingerprint density at radius 1 is 0.609 bits per heavy atom. The molecule has 0 spiro atoms. The first kappa shape index (κ1) is 54.2. The molecule has 4 aliphatic rings. The van der Waals surface area contributed by atoms with Crippen LogP contribution in [0.15, 0.2) is 60.7 Å². The second-order valence-corrected chi connectivity index (χ2v) is 19.5. The number of piperidine rings is 4. The summed E-state index contributed by atoms with van der Waals surface area (Å²) in [5.41, 5.74) is 0.186. The summed E-state index contributed by atoms with van der Waals surface area (Å²) in [5, 5.41) is 3.75. The highest BCUT2D eigenvalue weighted by molar-refractivity contribution is 6.61. The third-order valence-corrected chi connectivity index (χ3v) is 11.5. The number of amides is 3. The molecule has 15 heteroatoms. The van der Waals surface area contributed by atoms with Gasteiger partial charge in [0.2, 0.25) is 0 Å². The quantitative estimate of drug-likeness (QED) is 0.201. The fraction of sp³-hybridized carbons (Fsp3) is 0.673. The van der Waals surface area contributed by atoms with Gasteiger partial charge in [0.1, 0.15) is 24.4 Å². The number of nitrogens with one attached hydrogen (secondary N) is 1. The van der Waals surface area contributed by atoms with Gasteiger partial charge in [-0.05, 0) is 144 Å². The molecular formula is C49H79ClN6O8. The third kappa shape index (κ3) is 20.4. The van der Waals surface area contributed by atoms with Gasteiger partial charge in [-0.25, -0.2) is 19.2 Å². The number of ether oxygens (including phenoxy) is 4. The largest absolute Gasteiger partial charge is 0.449 e. The topological polar surface area (TPSA) is 133 Å². The molecule has 6 rings (SSSR count). The van der Waals surface area contributed by atoms with Crippen molar-refractivity contribution < 1.29 is 38.1 Å². The molecule has 2 aromatic rings. The van der Waals surface area contributed by atoms with E-state index in [2.05, 4.69) is 33.9 Å². The van der Waals surface area contributed by atoms with Crippen molar-refractivity contribution in [3.05, 3.63) is 71.8 Å². The van der Waals surface area contributed by atoms with E-state index in [0.717, 1.165) is 75.8 Å². The fourth-order valence-electron chi connectivity index (χ4n) is 8.17. The van der Waals surface area contributed by atoms with Gasteiger partial charge in [-0.15, -0.1) is 0 Å². The molecule has 2 aromatic carbocycles. The molecule has 0 aliphatic carbocycles. The van der Waals surface area contributed by atoms with E-state index in [-0.39, 0.29) is 51.0 Å². The summed E-state index contributed by atoms with van der Waals surface area (Å²) in [7, 11) is 4.29. The highest BCUT2D eigenvalue weighted by Crippen LogP contribution is 2.26. The molecule has 64 heavy (non-hydrogen) atoms. The number of benzene rings is 2. The van der Waals surface area contributed by atoms with Crippen molar-refractivity contribution in [3.63, 3.8) is 0 Å². The minimum absolute atomic E-state index is 0. The molecule has 0 unspecified atom stereocenters. The van der Waals surface area contributed by atoms with E-state index in [1.807, 2.05) is 112 Å². The first-order valence-electron chi connectivity index (χ1n) is 22.8. The van der Waals surface area contributed by atoms with Crippen molar-refractivity contribution >= 4 is 35.3 Å². The maximum atomic E-state index is 13.3. The number of carbonyl (C=O) groups excluding carboxylic acids is 4. The van der Waals surface area contributed by atoms with Gasteiger partial charge in [0.05, 0.1) is 6.04 Å². The molecule has 0 radical (unpaired) electrons. The van der Waals surface area contributed by atoms with Crippen molar-refractivity contribution in [2.24, 2.45) is 0 Å². The first-order valence-corrected chi connectivity index (χ1v) is 23.2. The van der Waals surface area contributed by atoms with Crippen molar-refractivity contribution in [2.75, 3.05) is 66.5 Å². The van der Waals surface area contributed by atoms with Crippen molar-refractivity contribution in [1.82, 2.24) is 29.8 Å². The average molecular weight is 916 g/mol. The zero-order valence-electron chi connectivity index (χ0n) is 39.2. The lowest BCUT2D eigenvalue weighted by Gasteiger charge is -2.44. The Hall–Kier alpha value is -4.11. The normalized spacial score (nSPS) is 20.2. The summed E-state index contributed by atoms with van der Waals surface area (Å²) in [4.78, 5) is 58.4. The fourth-order valence-corrected chi connectivity index (χ4v) is 8.22. The summed E-state index contributed by atoms with van der Waals surface area (Å²) in [6.07, 6.45) is 7.42. The van der Waals surface area contributed by atoms with Gasteiger partial charge >= 0.3 is 23.7 Å². The van der Waals surface area contributed by atoms with E-state index in [9.17, 15) is 19.2 Å². The van der Waals surface area contributed by atoms with Crippen LogP contribution in [-0.4, -0.2) is 150 Å². The maximum absolute atomic E-state index is 13.3. The molecule has 14 nitrogen and oxygen atoms in total. The zero-order valence-corrected chi connectivity index (χ0v) is 39.9.